The van der Waals surface area contributed by atoms with Crippen molar-refractivity contribution in [2.75, 3.05) is 0 Å². The number of hydrogen-bond acceptors (Lipinski definition) is 5. The maximum atomic E-state index is 14.4. The van der Waals surface area contributed by atoms with Crippen LogP contribution >= 0.6 is 27.3 Å². The first kappa shape index (κ1) is 23.2. The number of alkyl halides is 3. The highest BCUT2D eigenvalue weighted by atomic mass is 79.9. The van der Waals surface area contributed by atoms with E-state index in [4.69, 9.17) is 0 Å². The number of hydrogen-bond donors (Lipinski definition) is 2. The lowest BCUT2D eigenvalue weighted by molar-refractivity contribution is -0.287. The van der Waals surface area contributed by atoms with Crippen LogP contribution in [0.3, 0.4) is 0 Å². The Morgan fingerprint density at radius 2 is 1.94 bits per heavy atom. The molecule has 9 heteroatoms. The smallest absolute Gasteiger partial charge is 0.363 e. The summed E-state index contributed by atoms with van der Waals surface area (Å²) in [5, 5.41) is 14.9. The van der Waals surface area contributed by atoms with E-state index < -0.39 is 34.9 Å². The summed E-state index contributed by atoms with van der Waals surface area (Å²) in [7, 11) is 0. The molecule has 4 nitrogen and oxygen atoms in total. The summed E-state index contributed by atoms with van der Waals surface area (Å²) in [6.45, 7) is 3.58. The summed E-state index contributed by atoms with van der Waals surface area (Å²) < 4.78 is 43.8. The van der Waals surface area contributed by atoms with E-state index in [2.05, 4.69) is 21.2 Å². The SMILES string of the molecule is CC1(C)CC(=O)C2=C(C1)NC(O)(C(F)(F)F)C(C(=O)c1cccs1)C2c1cccc(Br)c1. The van der Waals surface area contributed by atoms with Crippen LogP contribution in [0.1, 0.15) is 47.8 Å². The number of rotatable bonds is 3. The van der Waals surface area contributed by atoms with Crippen molar-refractivity contribution in [2.24, 2.45) is 11.3 Å². The number of halogens is 4. The Kier molecular flexibility index (Phi) is 5.66. The monoisotopic (exact) mass is 527 g/mol. The number of nitrogens with one attached hydrogen (secondary N) is 1. The number of carbonyl (C=O) groups is 2. The Morgan fingerprint density at radius 1 is 1.22 bits per heavy atom. The van der Waals surface area contributed by atoms with Crippen molar-refractivity contribution in [3.05, 3.63) is 68.0 Å². The van der Waals surface area contributed by atoms with Crippen molar-refractivity contribution in [1.82, 2.24) is 5.32 Å². The quantitative estimate of drug-likeness (QED) is 0.510. The number of allylic oxidation sites excluding steroid dienone is 2. The van der Waals surface area contributed by atoms with Gasteiger partial charge in [0.15, 0.2) is 11.6 Å². The summed E-state index contributed by atoms with van der Waals surface area (Å²) in [4.78, 5) is 26.8. The zero-order valence-corrected chi connectivity index (χ0v) is 19.7. The molecule has 32 heavy (non-hydrogen) atoms. The predicted molar refractivity (Wildman–Crippen MR) is 118 cm³/mol. The maximum absolute atomic E-state index is 14.4. The zero-order chi connectivity index (χ0) is 23.5. The number of thiophene rings is 1. The van der Waals surface area contributed by atoms with Gasteiger partial charge in [-0.2, -0.15) is 13.2 Å². The molecule has 3 atom stereocenters. The van der Waals surface area contributed by atoms with Gasteiger partial charge in [0.25, 0.3) is 0 Å². The molecule has 1 aromatic heterocycles. The maximum Gasteiger partial charge on any atom is 0.437 e. The van der Waals surface area contributed by atoms with Crippen LogP contribution in [-0.4, -0.2) is 28.6 Å². The first-order chi connectivity index (χ1) is 14.8. The van der Waals surface area contributed by atoms with Crippen LogP contribution in [0.25, 0.3) is 0 Å². The van der Waals surface area contributed by atoms with Crippen molar-refractivity contribution in [2.45, 2.75) is 44.5 Å². The Morgan fingerprint density at radius 3 is 2.53 bits per heavy atom. The normalized spacial score (nSPS) is 27.7. The van der Waals surface area contributed by atoms with E-state index in [-0.39, 0.29) is 34.8 Å². The third kappa shape index (κ3) is 3.84. The minimum atomic E-state index is -5.17. The third-order valence-electron chi connectivity index (χ3n) is 6.04. The zero-order valence-electron chi connectivity index (χ0n) is 17.3. The lowest BCUT2D eigenvalue weighted by atomic mass is 9.63. The average Bonchev–Trinajstić information content (AvgIpc) is 3.19. The van der Waals surface area contributed by atoms with E-state index >= 15 is 0 Å². The van der Waals surface area contributed by atoms with Crippen LogP contribution in [0.5, 0.6) is 0 Å². The third-order valence-corrected chi connectivity index (χ3v) is 7.42. The summed E-state index contributed by atoms with van der Waals surface area (Å²) in [5.41, 5.74) is -3.56. The Hall–Kier alpha value is -1.97. The molecule has 4 rings (SSSR count). The lowest BCUT2D eigenvalue weighted by Crippen LogP contribution is -2.67. The van der Waals surface area contributed by atoms with E-state index in [1.807, 2.05) is 0 Å². The van der Waals surface area contributed by atoms with Gasteiger partial charge in [0.2, 0.25) is 5.72 Å². The summed E-state index contributed by atoms with van der Waals surface area (Å²) in [6.07, 6.45) is -4.88. The topological polar surface area (TPSA) is 66.4 Å². The first-order valence-corrected chi connectivity index (χ1v) is 11.7. The van der Waals surface area contributed by atoms with Gasteiger partial charge >= 0.3 is 6.18 Å². The summed E-state index contributed by atoms with van der Waals surface area (Å²) in [5.74, 6) is -4.41. The van der Waals surface area contributed by atoms with Crippen LogP contribution in [-0.2, 0) is 4.79 Å². The highest BCUT2D eigenvalue weighted by molar-refractivity contribution is 9.10. The molecule has 0 fully saturated rings. The van der Waals surface area contributed by atoms with Gasteiger partial charge in [0.05, 0.1) is 10.8 Å². The van der Waals surface area contributed by atoms with E-state index in [1.165, 1.54) is 6.07 Å². The molecule has 2 N–H and O–H groups in total. The second-order valence-corrected chi connectivity index (χ2v) is 10.9. The van der Waals surface area contributed by atoms with Crippen LogP contribution in [0.15, 0.2) is 57.5 Å². The van der Waals surface area contributed by atoms with Crippen molar-refractivity contribution in [3.8, 4) is 0 Å². The summed E-state index contributed by atoms with van der Waals surface area (Å²) in [6, 6.07) is 9.52. The molecular formula is C23H21BrF3NO3S. The molecule has 0 bridgehead atoms. The fourth-order valence-corrected chi connectivity index (χ4v) is 5.86. The number of carbonyl (C=O) groups excluding carboxylic acids is 2. The van der Waals surface area contributed by atoms with E-state index in [0.717, 1.165) is 11.3 Å². The van der Waals surface area contributed by atoms with Crippen LogP contribution in [0.2, 0.25) is 0 Å². The fourth-order valence-electron chi connectivity index (χ4n) is 4.74. The van der Waals surface area contributed by atoms with Gasteiger partial charge in [0.1, 0.15) is 0 Å². The summed E-state index contributed by atoms with van der Waals surface area (Å²) >= 11 is 4.33. The molecule has 2 aliphatic rings. The standard InChI is InChI=1S/C23H21BrF3NO3S/c1-21(2)10-14-18(15(29)11-21)17(12-5-3-6-13(24)9-12)19(20(30)16-7-4-8-32-16)22(31,28-14)23(25,26)27/h3-9,17,19,28,31H,10-11H2,1-2H3. The molecule has 3 unspecified atom stereocenters. The Bertz CT molecular complexity index is 1110. The molecule has 2 heterocycles. The Balaban J connectivity index is 2.02. The number of ketones is 2. The van der Waals surface area contributed by atoms with Crippen LogP contribution in [0, 0.1) is 11.3 Å². The molecule has 170 valence electrons. The molecular weight excluding hydrogens is 507 g/mol. The number of aliphatic hydroxyl groups is 1. The second kappa shape index (κ2) is 7.81. The second-order valence-electron chi connectivity index (χ2n) is 9.07. The minimum absolute atomic E-state index is 0.0475. The van der Waals surface area contributed by atoms with Gasteiger partial charge in [-0.25, -0.2) is 0 Å². The Labute approximate surface area is 195 Å². The van der Waals surface area contributed by atoms with Gasteiger partial charge in [-0.05, 0) is 41.0 Å². The average molecular weight is 528 g/mol. The van der Waals surface area contributed by atoms with E-state index in [9.17, 15) is 27.9 Å². The number of Topliss-reactive ketones (excluding diaryl/α,β-unsaturated/α-hetero) is 2. The molecule has 1 aliphatic carbocycles. The van der Waals surface area contributed by atoms with Crippen molar-refractivity contribution >= 4 is 38.8 Å². The van der Waals surface area contributed by atoms with Crippen molar-refractivity contribution in [1.29, 1.82) is 0 Å². The van der Waals surface area contributed by atoms with Gasteiger partial charge in [-0.3, -0.25) is 9.59 Å². The van der Waals surface area contributed by atoms with Crippen molar-refractivity contribution < 1.29 is 27.9 Å². The largest absolute Gasteiger partial charge is 0.437 e. The number of benzene rings is 1. The molecule has 2 aromatic rings. The highest BCUT2D eigenvalue weighted by Gasteiger charge is 2.67. The molecule has 1 aromatic carbocycles. The molecule has 0 saturated carbocycles. The highest BCUT2D eigenvalue weighted by Crippen LogP contribution is 2.54. The van der Waals surface area contributed by atoms with Gasteiger partial charge < -0.3 is 10.4 Å². The fraction of sp³-hybridized carbons (Fsp3) is 0.391. The first-order valence-electron chi connectivity index (χ1n) is 10.0. The molecule has 0 radical (unpaired) electrons. The van der Waals surface area contributed by atoms with Crippen molar-refractivity contribution in [3.63, 3.8) is 0 Å². The van der Waals surface area contributed by atoms with E-state index in [0.29, 0.717) is 10.0 Å². The van der Waals surface area contributed by atoms with Crippen LogP contribution in [0.4, 0.5) is 13.2 Å². The predicted octanol–water partition coefficient (Wildman–Crippen LogP) is 5.59. The van der Waals surface area contributed by atoms with Gasteiger partial charge in [-0.15, -0.1) is 11.3 Å². The molecule has 0 saturated heterocycles. The molecule has 0 spiro atoms. The van der Waals surface area contributed by atoms with Gasteiger partial charge in [0, 0.05) is 28.1 Å². The van der Waals surface area contributed by atoms with Gasteiger partial charge in [-0.1, -0.05) is 48.0 Å². The van der Waals surface area contributed by atoms with E-state index in [1.54, 1.807) is 49.6 Å². The lowest BCUT2D eigenvalue weighted by Gasteiger charge is -2.49. The molecule has 1 aliphatic heterocycles. The van der Waals surface area contributed by atoms with Crippen LogP contribution < -0.4 is 5.32 Å². The molecule has 0 amide bonds. The minimum Gasteiger partial charge on any atom is -0.363 e.